The van der Waals surface area contributed by atoms with Gasteiger partial charge in [-0.25, -0.2) is 0 Å². The van der Waals surface area contributed by atoms with Crippen molar-refractivity contribution in [3.63, 3.8) is 0 Å². The van der Waals surface area contributed by atoms with Gasteiger partial charge in [-0.1, -0.05) is 58.4 Å². The van der Waals surface area contributed by atoms with Gasteiger partial charge in [-0.2, -0.15) is 0 Å². The van der Waals surface area contributed by atoms with Crippen molar-refractivity contribution in [2.24, 2.45) is 0 Å². The Morgan fingerprint density at radius 3 is 2.03 bits per heavy atom. The minimum atomic E-state index is 0. The Balaban J connectivity index is 0.00000578. The number of carbonyl (C=O) groups is 1. The summed E-state index contributed by atoms with van der Waals surface area (Å²) < 4.78 is 12.2. The molecule has 0 saturated carbocycles. The van der Waals surface area contributed by atoms with E-state index in [-0.39, 0.29) is 34.4 Å². The summed E-state index contributed by atoms with van der Waals surface area (Å²) in [6, 6.07) is 8.11. The van der Waals surface area contributed by atoms with E-state index in [1.54, 1.807) is 0 Å². The van der Waals surface area contributed by atoms with Crippen LogP contribution in [0.15, 0.2) is 24.3 Å². The number of rotatable bonds is 15. The Labute approximate surface area is 223 Å². The molecule has 0 fully saturated rings. The minimum Gasteiger partial charge on any atom is -1.00 e. The Bertz CT molecular complexity index is 917. The fourth-order valence-electron chi connectivity index (χ4n) is 4.06. The van der Waals surface area contributed by atoms with Crippen LogP contribution in [0.1, 0.15) is 99.3 Å². The van der Waals surface area contributed by atoms with E-state index in [1.807, 2.05) is 25.1 Å². The van der Waals surface area contributed by atoms with Crippen molar-refractivity contribution >= 4 is 19.4 Å². The number of ether oxygens (including phenoxy) is 2. The Morgan fingerprint density at radius 1 is 0.794 bits per heavy atom. The summed E-state index contributed by atoms with van der Waals surface area (Å²) in [5.74, 6) is 1.62. The molecule has 2 aromatic carbocycles. The maximum atomic E-state index is 13.4. The third kappa shape index (κ3) is 9.41. The van der Waals surface area contributed by atoms with E-state index in [0.717, 1.165) is 52.9 Å². The summed E-state index contributed by atoms with van der Waals surface area (Å²) in [6.45, 7) is 14.1. The molecule has 34 heavy (non-hydrogen) atoms. The van der Waals surface area contributed by atoms with Gasteiger partial charge in [-0.05, 0) is 83.5 Å². The van der Waals surface area contributed by atoms with Crippen LogP contribution in [0.4, 0.5) is 0 Å². The van der Waals surface area contributed by atoms with Crippen LogP contribution in [-0.4, -0.2) is 18.7 Å². The van der Waals surface area contributed by atoms with Gasteiger partial charge < -0.3 is 10.9 Å². The van der Waals surface area contributed by atoms with E-state index in [2.05, 4.69) is 40.7 Å². The van der Waals surface area contributed by atoms with Crippen LogP contribution >= 0.6 is 8.58 Å². The molecule has 5 heteroatoms. The van der Waals surface area contributed by atoms with Crippen LogP contribution in [0.25, 0.3) is 0 Å². The molecule has 0 aliphatic carbocycles. The quantitative estimate of drug-likeness (QED) is 0.203. The smallest absolute Gasteiger partial charge is 1.00 e. The van der Waals surface area contributed by atoms with Gasteiger partial charge in [0, 0.05) is 16.9 Å². The molecule has 0 saturated heterocycles. The van der Waals surface area contributed by atoms with E-state index in [1.165, 1.54) is 49.7 Å². The zero-order valence-corrected chi connectivity index (χ0v) is 23.6. The molecule has 0 aromatic heterocycles. The topological polar surface area (TPSA) is 35.5 Å². The first-order valence-corrected chi connectivity index (χ1v) is 13.7. The normalized spacial score (nSPS) is 11.0. The summed E-state index contributed by atoms with van der Waals surface area (Å²) in [4.78, 5) is 13.4. The van der Waals surface area contributed by atoms with Gasteiger partial charge in [0.15, 0.2) is 5.52 Å². The molecule has 0 aliphatic heterocycles. The first-order chi connectivity index (χ1) is 15.9. The van der Waals surface area contributed by atoms with Gasteiger partial charge in [-0.15, -0.1) is 0 Å². The van der Waals surface area contributed by atoms with Crippen molar-refractivity contribution in [2.45, 2.75) is 92.9 Å². The van der Waals surface area contributed by atoms with E-state index in [0.29, 0.717) is 6.61 Å². The average Bonchev–Trinajstić information content (AvgIpc) is 2.78. The van der Waals surface area contributed by atoms with E-state index in [9.17, 15) is 4.79 Å². The van der Waals surface area contributed by atoms with Crippen molar-refractivity contribution < 1.29 is 34.6 Å². The SMILES string of the molecule is CCCCCCOc1ccc(PC(=O)c2c(C)cc(C)c(C)c2C)c(OCCCCCC)c1.[H-].[Li+]. The van der Waals surface area contributed by atoms with Crippen LogP contribution in [0.3, 0.4) is 0 Å². The fraction of sp³-hybridized carbons (Fsp3) is 0.552. The van der Waals surface area contributed by atoms with Gasteiger partial charge in [0.2, 0.25) is 0 Å². The largest absolute Gasteiger partial charge is 1.00 e. The van der Waals surface area contributed by atoms with Crippen molar-refractivity contribution in [2.75, 3.05) is 13.2 Å². The van der Waals surface area contributed by atoms with Crippen molar-refractivity contribution in [1.82, 2.24) is 0 Å². The summed E-state index contributed by atoms with van der Waals surface area (Å²) >= 11 is 0. The number of benzene rings is 2. The number of hydrogen-bond donors (Lipinski definition) is 0. The predicted molar refractivity (Wildman–Crippen MR) is 144 cm³/mol. The van der Waals surface area contributed by atoms with Crippen molar-refractivity contribution in [1.29, 1.82) is 0 Å². The molecule has 0 bridgehead atoms. The maximum absolute atomic E-state index is 13.4. The summed E-state index contributed by atoms with van der Waals surface area (Å²) in [5.41, 5.74) is 5.63. The number of aryl methyl sites for hydroxylation is 2. The first kappa shape index (κ1) is 30.8. The summed E-state index contributed by atoms with van der Waals surface area (Å²) in [7, 11) is 0.0318. The molecule has 1 atom stereocenters. The minimum absolute atomic E-state index is 0. The Morgan fingerprint density at radius 2 is 1.41 bits per heavy atom. The Kier molecular flexibility index (Phi) is 14.9. The van der Waals surface area contributed by atoms with Crippen LogP contribution < -0.4 is 33.6 Å². The zero-order valence-electron chi connectivity index (χ0n) is 23.6. The molecule has 0 amide bonds. The van der Waals surface area contributed by atoms with Gasteiger partial charge in [0.25, 0.3) is 0 Å². The fourth-order valence-corrected chi connectivity index (χ4v) is 5.25. The predicted octanol–water partition coefficient (Wildman–Crippen LogP) is 5.10. The van der Waals surface area contributed by atoms with E-state index >= 15 is 0 Å². The Hall–Kier alpha value is -1.26. The molecule has 0 radical (unpaired) electrons. The molecule has 0 spiro atoms. The van der Waals surface area contributed by atoms with Gasteiger partial charge in [0.05, 0.1) is 13.2 Å². The summed E-state index contributed by atoms with van der Waals surface area (Å²) in [5, 5.41) is 0.964. The van der Waals surface area contributed by atoms with Crippen molar-refractivity contribution in [3.05, 3.63) is 52.1 Å². The summed E-state index contributed by atoms with van der Waals surface area (Å²) in [6.07, 6.45) is 9.35. The van der Waals surface area contributed by atoms with Crippen molar-refractivity contribution in [3.8, 4) is 11.5 Å². The standard InChI is InChI=1S/C29H43O3P.Li.H/c1-7-9-11-13-17-31-25-15-16-27(26(20-25)32-18-14-12-10-8-2)33-29(30)28-22(4)19-21(3)23(5)24(28)6;;/h15-16,19-20,33H,7-14,17-18H2,1-6H3;;/q;+1;-1. The molecular formula is C29H44LiO3P. The van der Waals surface area contributed by atoms with E-state index < -0.39 is 0 Å². The molecule has 2 rings (SSSR count). The third-order valence-corrected chi connectivity index (χ3v) is 7.47. The van der Waals surface area contributed by atoms with Gasteiger partial charge in [-0.3, -0.25) is 4.79 Å². The number of unbranched alkanes of at least 4 members (excludes halogenated alkanes) is 6. The van der Waals surface area contributed by atoms with Crippen LogP contribution in [0.2, 0.25) is 0 Å². The molecule has 2 aromatic rings. The van der Waals surface area contributed by atoms with Gasteiger partial charge in [0.1, 0.15) is 11.5 Å². The average molecular weight is 479 g/mol. The maximum Gasteiger partial charge on any atom is 1.00 e. The molecule has 0 N–H and O–H groups in total. The number of carbonyl (C=O) groups excluding carboxylic acids is 1. The first-order valence-electron chi connectivity index (χ1n) is 12.7. The molecule has 1 unspecified atom stereocenters. The molecule has 184 valence electrons. The molecule has 3 nitrogen and oxygen atoms in total. The van der Waals surface area contributed by atoms with E-state index in [4.69, 9.17) is 9.47 Å². The second kappa shape index (κ2) is 16.4. The number of hydrogen-bond acceptors (Lipinski definition) is 3. The molecule has 0 aliphatic rings. The van der Waals surface area contributed by atoms with Gasteiger partial charge >= 0.3 is 18.9 Å². The van der Waals surface area contributed by atoms with Crippen LogP contribution in [0, 0.1) is 27.7 Å². The molecular weight excluding hydrogens is 434 g/mol. The zero-order chi connectivity index (χ0) is 24.2. The van der Waals surface area contributed by atoms with Crippen LogP contribution in [-0.2, 0) is 0 Å². The monoisotopic (exact) mass is 478 g/mol. The molecule has 0 heterocycles. The second-order valence-corrected chi connectivity index (χ2v) is 10.3. The third-order valence-electron chi connectivity index (χ3n) is 6.31. The van der Waals surface area contributed by atoms with Crippen LogP contribution in [0.5, 0.6) is 11.5 Å². The second-order valence-electron chi connectivity index (χ2n) is 9.07.